The first-order chi connectivity index (χ1) is 11.5. The second-order valence-electron chi connectivity index (χ2n) is 6.86. The highest BCUT2D eigenvalue weighted by molar-refractivity contribution is 7.86. The summed E-state index contributed by atoms with van der Waals surface area (Å²) >= 11 is 0. The van der Waals surface area contributed by atoms with Crippen molar-refractivity contribution in [1.82, 2.24) is 18.4 Å². The maximum atomic E-state index is 12.7. The summed E-state index contributed by atoms with van der Waals surface area (Å²) in [6, 6.07) is 0.00199. The van der Waals surface area contributed by atoms with Crippen LogP contribution in [0.15, 0.2) is 0 Å². The monoisotopic (exact) mass is 360 g/mol. The Balaban J connectivity index is 1.53. The van der Waals surface area contributed by atoms with Gasteiger partial charge in [-0.1, -0.05) is 6.92 Å². The smallest absolute Gasteiger partial charge is 0.320 e. The number of nitrogens with zero attached hydrogens (tertiary/aromatic N) is 4. The van der Waals surface area contributed by atoms with E-state index in [0.29, 0.717) is 71.5 Å². The van der Waals surface area contributed by atoms with Gasteiger partial charge in [0.15, 0.2) is 0 Å². The van der Waals surface area contributed by atoms with Crippen LogP contribution in [0.1, 0.15) is 19.8 Å². The number of ether oxygens (including phenoxy) is 1. The van der Waals surface area contributed by atoms with Crippen molar-refractivity contribution < 1.29 is 17.9 Å². The van der Waals surface area contributed by atoms with Crippen molar-refractivity contribution in [3.8, 4) is 0 Å². The van der Waals surface area contributed by atoms with Crippen molar-refractivity contribution in [3.05, 3.63) is 0 Å². The Labute approximate surface area is 144 Å². The maximum absolute atomic E-state index is 12.7. The first-order valence-corrected chi connectivity index (χ1v) is 10.2. The van der Waals surface area contributed by atoms with Crippen molar-refractivity contribution in [2.75, 3.05) is 65.6 Å². The molecule has 3 rings (SSSR count). The Morgan fingerprint density at radius 2 is 1.33 bits per heavy atom. The van der Waals surface area contributed by atoms with Crippen LogP contribution in [0.25, 0.3) is 0 Å². The number of rotatable bonds is 2. The molecule has 0 radical (unpaired) electrons. The third-order valence-corrected chi connectivity index (χ3v) is 7.22. The molecule has 0 aromatic carbocycles. The summed E-state index contributed by atoms with van der Waals surface area (Å²) in [5.74, 6) is 0.597. The molecule has 0 bridgehead atoms. The van der Waals surface area contributed by atoms with E-state index in [1.54, 1.807) is 14.1 Å². The fourth-order valence-corrected chi connectivity index (χ4v) is 5.07. The molecule has 138 valence electrons. The maximum Gasteiger partial charge on any atom is 0.320 e. The number of morpholine rings is 1. The normalized spacial score (nSPS) is 25.9. The number of hydrogen-bond donors (Lipinski definition) is 0. The van der Waals surface area contributed by atoms with Gasteiger partial charge in [-0.05, 0) is 18.8 Å². The minimum Gasteiger partial charge on any atom is -0.378 e. The summed E-state index contributed by atoms with van der Waals surface area (Å²) in [6.07, 6.45) is 1.85. The molecule has 24 heavy (non-hydrogen) atoms. The molecular formula is C15H28N4O4S. The molecule has 3 fully saturated rings. The summed E-state index contributed by atoms with van der Waals surface area (Å²) in [6.45, 7) is 7.44. The number of piperidine rings is 1. The summed E-state index contributed by atoms with van der Waals surface area (Å²) in [7, 11) is -3.39. The van der Waals surface area contributed by atoms with Crippen LogP contribution in [-0.2, 0) is 14.9 Å². The van der Waals surface area contributed by atoms with E-state index in [2.05, 4.69) is 6.92 Å². The third-order valence-electron chi connectivity index (χ3n) is 5.19. The lowest BCUT2D eigenvalue weighted by atomic mass is 10.0. The zero-order valence-electron chi connectivity index (χ0n) is 14.4. The number of piperazine rings is 1. The van der Waals surface area contributed by atoms with E-state index in [1.807, 2.05) is 0 Å². The van der Waals surface area contributed by atoms with E-state index in [-0.39, 0.29) is 6.03 Å². The van der Waals surface area contributed by atoms with Crippen LogP contribution in [0.5, 0.6) is 0 Å². The molecule has 0 saturated carbocycles. The van der Waals surface area contributed by atoms with E-state index in [4.69, 9.17) is 4.74 Å². The van der Waals surface area contributed by atoms with Gasteiger partial charge in [0.25, 0.3) is 10.2 Å². The lowest BCUT2D eigenvalue weighted by Gasteiger charge is -2.40. The average molecular weight is 360 g/mol. The zero-order valence-corrected chi connectivity index (χ0v) is 15.2. The van der Waals surface area contributed by atoms with Gasteiger partial charge in [0.2, 0.25) is 0 Å². The number of hydrogen-bond acceptors (Lipinski definition) is 4. The zero-order chi connectivity index (χ0) is 17.2. The molecule has 2 amide bonds. The SMILES string of the molecule is CC1CCN(S(=O)(=O)N2CCN(C(=O)N3CCOCC3)CC2)CC1. The molecule has 0 aliphatic carbocycles. The largest absolute Gasteiger partial charge is 0.378 e. The molecule has 0 unspecified atom stereocenters. The fourth-order valence-electron chi connectivity index (χ4n) is 3.44. The van der Waals surface area contributed by atoms with Crippen LogP contribution in [-0.4, -0.2) is 98.4 Å². The standard InChI is InChI=1S/C15H28N4O4S/c1-14-2-4-18(5-3-14)24(21,22)19-8-6-16(7-9-19)15(20)17-10-12-23-13-11-17/h14H,2-13H2,1H3. The molecule has 3 heterocycles. The predicted molar refractivity (Wildman–Crippen MR) is 89.8 cm³/mol. The van der Waals surface area contributed by atoms with Crippen molar-refractivity contribution in [2.24, 2.45) is 5.92 Å². The van der Waals surface area contributed by atoms with Gasteiger partial charge in [0, 0.05) is 52.4 Å². The molecule has 0 aromatic heterocycles. The lowest BCUT2D eigenvalue weighted by molar-refractivity contribution is 0.0403. The second-order valence-corrected chi connectivity index (χ2v) is 8.79. The van der Waals surface area contributed by atoms with Gasteiger partial charge in [-0.25, -0.2) is 4.79 Å². The van der Waals surface area contributed by atoms with Crippen molar-refractivity contribution >= 4 is 16.2 Å². The highest BCUT2D eigenvalue weighted by atomic mass is 32.2. The minimum absolute atomic E-state index is 0.00199. The number of carbonyl (C=O) groups is 1. The Bertz CT molecular complexity index is 534. The van der Waals surface area contributed by atoms with Gasteiger partial charge in [-0.15, -0.1) is 0 Å². The van der Waals surface area contributed by atoms with E-state index >= 15 is 0 Å². The van der Waals surface area contributed by atoms with Gasteiger partial charge in [-0.3, -0.25) is 0 Å². The molecule has 3 saturated heterocycles. The third kappa shape index (κ3) is 3.84. The molecule has 3 aliphatic heterocycles. The molecule has 0 aromatic rings. The number of carbonyl (C=O) groups excluding carboxylic acids is 1. The van der Waals surface area contributed by atoms with Crippen LogP contribution in [0.2, 0.25) is 0 Å². The molecule has 0 N–H and O–H groups in total. The summed E-state index contributed by atoms with van der Waals surface area (Å²) < 4.78 is 33.9. The van der Waals surface area contributed by atoms with Gasteiger partial charge in [0.05, 0.1) is 13.2 Å². The molecule has 8 nitrogen and oxygen atoms in total. The highest BCUT2D eigenvalue weighted by Gasteiger charge is 2.35. The summed E-state index contributed by atoms with van der Waals surface area (Å²) in [5.41, 5.74) is 0. The van der Waals surface area contributed by atoms with E-state index in [9.17, 15) is 13.2 Å². The Hall–Kier alpha value is -0.900. The van der Waals surface area contributed by atoms with Crippen LogP contribution in [0, 0.1) is 5.92 Å². The quantitative estimate of drug-likeness (QED) is 0.697. The highest BCUT2D eigenvalue weighted by Crippen LogP contribution is 2.21. The van der Waals surface area contributed by atoms with Gasteiger partial charge < -0.3 is 14.5 Å². The van der Waals surface area contributed by atoms with Crippen LogP contribution < -0.4 is 0 Å². The molecule has 3 aliphatic rings. The van der Waals surface area contributed by atoms with Crippen LogP contribution >= 0.6 is 0 Å². The topological polar surface area (TPSA) is 73.4 Å². The van der Waals surface area contributed by atoms with Gasteiger partial charge in [-0.2, -0.15) is 17.0 Å². The first-order valence-electron chi connectivity index (χ1n) is 8.85. The number of amides is 2. The van der Waals surface area contributed by atoms with E-state index in [0.717, 1.165) is 12.8 Å². The van der Waals surface area contributed by atoms with Crippen LogP contribution in [0.4, 0.5) is 4.79 Å². The van der Waals surface area contributed by atoms with Crippen molar-refractivity contribution in [3.63, 3.8) is 0 Å². The number of urea groups is 1. The van der Waals surface area contributed by atoms with Gasteiger partial charge >= 0.3 is 6.03 Å². The molecule has 9 heteroatoms. The molecule has 0 atom stereocenters. The summed E-state index contributed by atoms with van der Waals surface area (Å²) in [5, 5.41) is 0. The van der Waals surface area contributed by atoms with Crippen molar-refractivity contribution in [1.29, 1.82) is 0 Å². The van der Waals surface area contributed by atoms with Crippen LogP contribution in [0.3, 0.4) is 0 Å². The first kappa shape index (κ1) is 17.9. The summed E-state index contributed by atoms with van der Waals surface area (Å²) in [4.78, 5) is 16.0. The minimum atomic E-state index is -3.39. The lowest BCUT2D eigenvalue weighted by Crippen LogP contribution is -2.58. The average Bonchev–Trinajstić information content (AvgIpc) is 2.62. The Morgan fingerprint density at radius 3 is 1.92 bits per heavy atom. The molecular weight excluding hydrogens is 332 g/mol. The molecule has 0 spiro atoms. The van der Waals surface area contributed by atoms with Crippen molar-refractivity contribution in [2.45, 2.75) is 19.8 Å². The predicted octanol–water partition coefficient (Wildman–Crippen LogP) is 0.0329. The fraction of sp³-hybridized carbons (Fsp3) is 0.933. The Kier molecular flexibility index (Phi) is 5.63. The van der Waals surface area contributed by atoms with E-state index < -0.39 is 10.2 Å². The van der Waals surface area contributed by atoms with Gasteiger partial charge in [0.1, 0.15) is 0 Å². The second kappa shape index (κ2) is 7.55. The van der Waals surface area contributed by atoms with E-state index in [1.165, 1.54) is 4.31 Å². The Morgan fingerprint density at radius 1 is 0.833 bits per heavy atom.